The molecule has 1 aliphatic heterocycles. The molecular formula is C20H17F3N6O. The normalized spacial score (nSPS) is 17.0. The van der Waals surface area contributed by atoms with Gasteiger partial charge >= 0.3 is 6.36 Å². The van der Waals surface area contributed by atoms with E-state index in [0.717, 1.165) is 30.4 Å². The lowest BCUT2D eigenvalue weighted by Gasteiger charge is -2.13. The van der Waals surface area contributed by atoms with E-state index in [0.29, 0.717) is 11.6 Å². The molecule has 1 aliphatic rings. The number of nitrogens with zero attached hydrogens (tertiary/aromatic N) is 4. The molecule has 0 spiro atoms. The molecule has 154 valence electrons. The minimum Gasteiger partial charge on any atom is -0.405 e. The van der Waals surface area contributed by atoms with Crippen molar-refractivity contribution in [2.45, 2.75) is 18.8 Å². The molecule has 0 aliphatic carbocycles. The number of nitrogens with one attached hydrogen (secondary N) is 2. The molecule has 1 fully saturated rings. The topological polar surface area (TPSA) is 76.4 Å². The molecular weight excluding hydrogens is 397 g/mol. The van der Waals surface area contributed by atoms with Crippen molar-refractivity contribution in [2.24, 2.45) is 0 Å². The van der Waals surface area contributed by atoms with Crippen LogP contribution in [-0.4, -0.2) is 45.1 Å². The molecule has 5 rings (SSSR count). The average molecular weight is 414 g/mol. The van der Waals surface area contributed by atoms with Gasteiger partial charge in [0.05, 0.1) is 11.1 Å². The Morgan fingerprint density at radius 2 is 1.87 bits per heavy atom. The first-order valence-corrected chi connectivity index (χ1v) is 9.46. The number of aromatic nitrogens is 4. The second-order valence-corrected chi connectivity index (χ2v) is 7.00. The first-order chi connectivity index (χ1) is 14.5. The highest BCUT2D eigenvalue weighted by atomic mass is 19.4. The van der Waals surface area contributed by atoms with Crippen LogP contribution < -0.4 is 15.4 Å². The lowest BCUT2D eigenvalue weighted by atomic mass is 10.2. The molecule has 0 radical (unpaired) electrons. The summed E-state index contributed by atoms with van der Waals surface area (Å²) in [5.41, 5.74) is 1.37. The first kappa shape index (κ1) is 18.6. The minimum atomic E-state index is -4.81. The van der Waals surface area contributed by atoms with Gasteiger partial charge in [0, 0.05) is 18.0 Å². The third-order valence-corrected chi connectivity index (χ3v) is 4.93. The Labute approximate surface area is 168 Å². The van der Waals surface area contributed by atoms with Crippen LogP contribution in [0.3, 0.4) is 0 Å². The van der Waals surface area contributed by atoms with Crippen LogP contribution in [0.25, 0.3) is 27.9 Å². The van der Waals surface area contributed by atoms with Crippen molar-refractivity contribution in [1.29, 1.82) is 0 Å². The van der Waals surface area contributed by atoms with Crippen molar-refractivity contribution in [2.75, 3.05) is 18.4 Å². The van der Waals surface area contributed by atoms with Gasteiger partial charge in [-0.05, 0) is 37.2 Å². The highest BCUT2D eigenvalue weighted by Gasteiger charge is 2.32. The zero-order chi connectivity index (χ0) is 20.7. The van der Waals surface area contributed by atoms with Crippen LogP contribution in [0.5, 0.6) is 5.75 Å². The van der Waals surface area contributed by atoms with E-state index in [1.54, 1.807) is 10.6 Å². The number of para-hydroxylation sites is 2. The number of halogens is 3. The number of alkyl halides is 3. The third kappa shape index (κ3) is 3.50. The van der Waals surface area contributed by atoms with E-state index < -0.39 is 6.36 Å². The summed E-state index contributed by atoms with van der Waals surface area (Å²) in [5.74, 6) is 0.263. The second-order valence-electron chi connectivity index (χ2n) is 7.00. The highest BCUT2D eigenvalue weighted by Crippen LogP contribution is 2.33. The Hall–Kier alpha value is -3.40. The van der Waals surface area contributed by atoms with Crippen molar-refractivity contribution < 1.29 is 17.9 Å². The molecule has 10 heteroatoms. The molecule has 1 atom stereocenters. The van der Waals surface area contributed by atoms with E-state index in [9.17, 15) is 13.2 Å². The van der Waals surface area contributed by atoms with Crippen molar-refractivity contribution in [3.63, 3.8) is 0 Å². The number of fused-ring (bicyclic) bond motifs is 3. The lowest BCUT2D eigenvalue weighted by Crippen LogP contribution is -2.24. The van der Waals surface area contributed by atoms with Crippen molar-refractivity contribution in [3.8, 4) is 17.1 Å². The highest BCUT2D eigenvalue weighted by molar-refractivity contribution is 5.93. The number of anilines is 1. The van der Waals surface area contributed by atoms with Gasteiger partial charge in [-0.1, -0.05) is 24.3 Å². The van der Waals surface area contributed by atoms with Gasteiger partial charge < -0.3 is 15.4 Å². The van der Waals surface area contributed by atoms with Crippen LogP contribution >= 0.6 is 0 Å². The predicted molar refractivity (Wildman–Crippen MR) is 105 cm³/mol. The van der Waals surface area contributed by atoms with E-state index in [1.165, 1.54) is 18.2 Å². The van der Waals surface area contributed by atoms with E-state index >= 15 is 0 Å². The van der Waals surface area contributed by atoms with Gasteiger partial charge in [0.2, 0.25) is 5.95 Å². The smallest absolute Gasteiger partial charge is 0.405 e. The van der Waals surface area contributed by atoms with Gasteiger partial charge in [0.15, 0.2) is 11.5 Å². The fourth-order valence-corrected chi connectivity index (χ4v) is 3.59. The maximum atomic E-state index is 12.8. The Kier molecular flexibility index (Phi) is 4.43. The molecule has 0 saturated carbocycles. The summed E-state index contributed by atoms with van der Waals surface area (Å²) in [4.78, 5) is 9.21. The average Bonchev–Trinajstić information content (AvgIpc) is 3.37. The fourth-order valence-electron chi connectivity index (χ4n) is 3.59. The van der Waals surface area contributed by atoms with Gasteiger partial charge in [-0.3, -0.25) is 0 Å². The Morgan fingerprint density at radius 3 is 2.67 bits per heavy atom. The Bertz CT molecular complexity index is 1220. The van der Waals surface area contributed by atoms with E-state index in [4.69, 9.17) is 0 Å². The van der Waals surface area contributed by atoms with Crippen molar-refractivity contribution >= 4 is 22.5 Å². The molecule has 4 aromatic rings. The van der Waals surface area contributed by atoms with Crippen molar-refractivity contribution in [1.82, 2.24) is 24.9 Å². The third-order valence-electron chi connectivity index (χ3n) is 4.93. The second kappa shape index (κ2) is 7.13. The van der Waals surface area contributed by atoms with E-state index in [2.05, 4.69) is 30.4 Å². The van der Waals surface area contributed by atoms with Gasteiger partial charge in [-0.15, -0.1) is 18.3 Å². The van der Waals surface area contributed by atoms with Gasteiger partial charge in [-0.2, -0.15) is 4.52 Å². The van der Waals surface area contributed by atoms with Crippen molar-refractivity contribution in [3.05, 3.63) is 48.5 Å². The predicted octanol–water partition coefficient (Wildman–Crippen LogP) is 3.62. The van der Waals surface area contributed by atoms with E-state index in [-0.39, 0.29) is 23.2 Å². The summed E-state index contributed by atoms with van der Waals surface area (Å²) >= 11 is 0. The zero-order valence-corrected chi connectivity index (χ0v) is 15.6. The number of ether oxygens (including phenoxy) is 1. The molecule has 2 N–H and O–H groups in total. The monoisotopic (exact) mass is 414 g/mol. The molecule has 0 amide bonds. The summed E-state index contributed by atoms with van der Waals surface area (Å²) in [6, 6.07) is 13.5. The van der Waals surface area contributed by atoms with Gasteiger partial charge in [-0.25, -0.2) is 9.97 Å². The largest absolute Gasteiger partial charge is 0.573 e. The summed E-state index contributed by atoms with van der Waals surface area (Å²) in [5, 5.41) is 11.9. The summed E-state index contributed by atoms with van der Waals surface area (Å²) in [6.07, 6.45) is -3.88. The Balaban J connectivity index is 1.67. The van der Waals surface area contributed by atoms with Crippen LogP contribution in [-0.2, 0) is 0 Å². The molecule has 0 bridgehead atoms. The number of benzene rings is 2. The molecule has 7 nitrogen and oxygen atoms in total. The maximum absolute atomic E-state index is 12.8. The Morgan fingerprint density at radius 1 is 1.07 bits per heavy atom. The van der Waals surface area contributed by atoms with Crippen LogP contribution in [0.4, 0.5) is 19.1 Å². The minimum absolute atomic E-state index is 0.126. The number of hydrogen-bond acceptors (Lipinski definition) is 6. The lowest BCUT2D eigenvalue weighted by molar-refractivity contribution is -0.274. The molecule has 30 heavy (non-hydrogen) atoms. The summed E-state index contributed by atoms with van der Waals surface area (Å²) < 4.78 is 44.3. The van der Waals surface area contributed by atoms with Crippen LogP contribution in [0.1, 0.15) is 6.42 Å². The van der Waals surface area contributed by atoms with E-state index in [1.807, 2.05) is 24.3 Å². The SMILES string of the molecule is FC(F)(F)Oc1ccccc1-c1nc2c3ccccc3nc(N[C@@H]3CCNC3)n2n1. The van der Waals surface area contributed by atoms with Crippen LogP contribution in [0, 0.1) is 0 Å². The molecule has 2 aromatic carbocycles. The van der Waals surface area contributed by atoms with Gasteiger partial charge in [0.1, 0.15) is 5.75 Å². The number of hydrogen-bond donors (Lipinski definition) is 2. The molecule has 0 unspecified atom stereocenters. The summed E-state index contributed by atoms with van der Waals surface area (Å²) in [6.45, 7) is 1.69. The van der Waals surface area contributed by atoms with Crippen LogP contribution in [0.2, 0.25) is 0 Å². The maximum Gasteiger partial charge on any atom is 0.573 e. The van der Waals surface area contributed by atoms with Crippen LogP contribution in [0.15, 0.2) is 48.5 Å². The molecule has 3 heterocycles. The van der Waals surface area contributed by atoms with Gasteiger partial charge in [0.25, 0.3) is 0 Å². The fraction of sp³-hybridized carbons (Fsp3) is 0.250. The zero-order valence-electron chi connectivity index (χ0n) is 15.6. The first-order valence-electron chi connectivity index (χ1n) is 9.46. The standard InChI is InChI=1S/C20H17F3N6O/c21-20(22,23)30-16-8-4-2-6-14(16)17-27-18-13-5-1-3-7-15(13)26-19(29(18)28-17)25-12-9-10-24-11-12/h1-8,12,24H,9-11H2,(H,25,26)/t12-/m1/s1. The molecule has 2 aromatic heterocycles. The molecule has 1 saturated heterocycles. The number of rotatable bonds is 4. The summed E-state index contributed by atoms with van der Waals surface area (Å²) in [7, 11) is 0. The quantitative estimate of drug-likeness (QED) is 0.531.